The smallest absolute Gasteiger partial charge is 0.262 e. The Bertz CT molecular complexity index is 1470. The molecule has 0 saturated heterocycles. The van der Waals surface area contributed by atoms with Gasteiger partial charge in [-0.15, -0.1) is 0 Å². The first-order valence-electron chi connectivity index (χ1n) is 11.6. The van der Waals surface area contributed by atoms with Crippen LogP contribution >= 0.6 is 0 Å². The SMILES string of the molecule is NC1(c2ccc(-c3c(-c4ccccc4)oc4c5c(ccc4c3=O)OCC(=O)N5)cc2)CCCC1. The molecule has 4 aromatic rings. The molecule has 34 heavy (non-hydrogen) atoms. The number of nitrogens with two attached hydrogens (primary N) is 1. The molecule has 1 aromatic heterocycles. The van der Waals surface area contributed by atoms with Gasteiger partial charge in [-0.05, 0) is 36.1 Å². The van der Waals surface area contributed by atoms with Crippen LogP contribution in [0.4, 0.5) is 5.69 Å². The Morgan fingerprint density at radius 1 is 0.853 bits per heavy atom. The number of fused-ring (bicyclic) bond motifs is 3. The minimum atomic E-state index is -0.299. The molecular weight excluding hydrogens is 428 g/mol. The molecular formula is C28H24N2O4. The number of hydrogen-bond donors (Lipinski definition) is 2. The molecule has 170 valence electrons. The van der Waals surface area contributed by atoms with E-state index in [1.165, 1.54) is 0 Å². The summed E-state index contributed by atoms with van der Waals surface area (Å²) in [5.41, 5.74) is 9.97. The summed E-state index contributed by atoms with van der Waals surface area (Å²) in [6, 6.07) is 20.9. The summed E-state index contributed by atoms with van der Waals surface area (Å²) >= 11 is 0. The number of hydrogen-bond acceptors (Lipinski definition) is 5. The van der Waals surface area contributed by atoms with E-state index in [4.69, 9.17) is 14.9 Å². The van der Waals surface area contributed by atoms with E-state index in [1.54, 1.807) is 12.1 Å². The third kappa shape index (κ3) is 3.30. The van der Waals surface area contributed by atoms with Crippen LogP contribution in [0.3, 0.4) is 0 Å². The maximum absolute atomic E-state index is 13.9. The molecule has 3 aromatic carbocycles. The van der Waals surface area contributed by atoms with Gasteiger partial charge in [-0.25, -0.2) is 0 Å². The maximum atomic E-state index is 13.9. The van der Waals surface area contributed by atoms with Crippen molar-refractivity contribution in [2.45, 2.75) is 31.2 Å². The monoisotopic (exact) mass is 452 g/mol. The van der Waals surface area contributed by atoms with Gasteiger partial charge in [-0.3, -0.25) is 9.59 Å². The van der Waals surface area contributed by atoms with Crippen LogP contribution in [0.1, 0.15) is 31.2 Å². The quantitative estimate of drug-likeness (QED) is 0.446. The van der Waals surface area contributed by atoms with Crippen molar-refractivity contribution in [3.05, 3.63) is 82.5 Å². The zero-order chi connectivity index (χ0) is 23.3. The summed E-state index contributed by atoms with van der Waals surface area (Å²) in [5, 5.41) is 3.18. The molecule has 0 spiro atoms. The third-order valence-corrected chi connectivity index (χ3v) is 6.93. The van der Waals surface area contributed by atoms with Crippen molar-refractivity contribution < 1.29 is 13.9 Å². The molecule has 1 fully saturated rings. The van der Waals surface area contributed by atoms with Crippen LogP contribution in [-0.4, -0.2) is 12.5 Å². The first-order chi connectivity index (χ1) is 16.5. The summed E-state index contributed by atoms with van der Waals surface area (Å²) < 4.78 is 11.9. The van der Waals surface area contributed by atoms with Crippen LogP contribution in [0, 0.1) is 0 Å². The first-order valence-corrected chi connectivity index (χ1v) is 11.6. The summed E-state index contributed by atoms with van der Waals surface area (Å²) in [5.74, 6) is 0.643. The van der Waals surface area contributed by atoms with Gasteiger partial charge in [-0.1, -0.05) is 67.4 Å². The molecule has 6 rings (SSSR count). The lowest BCUT2D eigenvalue weighted by Crippen LogP contribution is -2.32. The highest BCUT2D eigenvalue weighted by Gasteiger charge is 2.31. The van der Waals surface area contributed by atoms with E-state index in [0.717, 1.165) is 42.4 Å². The van der Waals surface area contributed by atoms with Crippen molar-refractivity contribution in [3.8, 4) is 28.2 Å². The fourth-order valence-corrected chi connectivity index (χ4v) is 5.12. The molecule has 0 unspecified atom stereocenters. The van der Waals surface area contributed by atoms with E-state index >= 15 is 0 Å². The van der Waals surface area contributed by atoms with Gasteiger partial charge in [0, 0.05) is 11.1 Å². The first kappa shape index (κ1) is 20.7. The third-order valence-electron chi connectivity index (χ3n) is 6.93. The lowest BCUT2D eigenvalue weighted by atomic mass is 9.88. The van der Waals surface area contributed by atoms with Crippen LogP contribution in [0.25, 0.3) is 33.4 Å². The summed E-state index contributed by atoms with van der Waals surface area (Å²) in [6.07, 6.45) is 4.21. The van der Waals surface area contributed by atoms with Gasteiger partial charge >= 0.3 is 0 Å². The Morgan fingerprint density at radius 3 is 2.32 bits per heavy atom. The number of ether oxygens (including phenoxy) is 1. The Hall–Kier alpha value is -3.90. The highest BCUT2D eigenvalue weighted by atomic mass is 16.5. The van der Waals surface area contributed by atoms with E-state index in [9.17, 15) is 9.59 Å². The van der Waals surface area contributed by atoms with Gasteiger partial charge in [-0.2, -0.15) is 0 Å². The number of rotatable bonds is 3. The van der Waals surface area contributed by atoms with Gasteiger partial charge in [0.15, 0.2) is 12.2 Å². The summed E-state index contributed by atoms with van der Waals surface area (Å²) in [4.78, 5) is 25.9. The highest BCUT2D eigenvalue weighted by Crippen LogP contribution is 2.41. The fraction of sp³-hybridized carbons (Fsp3) is 0.214. The molecule has 1 saturated carbocycles. The Balaban J connectivity index is 1.58. The van der Waals surface area contributed by atoms with Crippen LogP contribution in [0.2, 0.25) is 0 Å². The second-order valence-corrected chi connectivity index (χ2v) is 9.09. The highest BCUT2D eigenvalue weighted by molar-refractivity contribution is 6.05. The van der Waals surface area contributed by atoms with E-state index in [-0.39, 0.29) is 23.5 Å². The second kappa shape index (κ2) is 7.85. The van der Waals surface area contributed by atoms with Crippen LogP contribution in [0.15, 0.2) is 75.9 Å². The average molecular weight is 453 g/mol. The van der Waals surface area contributed by atoms with Gasteiger partial charge in [0.1, 0.15) is 17.2 Å². The van der Waals surface area contributed by atoms with E-state index in [1.807, 2.05) is 54.6 Å². The molecule has 1 aliphatic heterocycles. The lowest BCUT2D eigenvalue weighted by Gasteiger charge is -2.24. The van der Waals surface area contributed by atoms with Crippen molar-refractivity contribution in [1.29, 1.82) is 0 Å². The van der Waals surface area contributed by atoms with E-state index in [0.29, 0.717) is 33.7 Å². The average Bonchev–Trinajstić information content (AvgIpc) is 3.32. The predicted octanol–water partition coefficient (Wildman–Crippen LogP) is 5.19. The summed E-state index contributed by atoms with van der Waals surface area (Å²) in [6.45, 7) is -0.0681. The largest absolute Gasteiger partial charge is 0.481 e. The van der Waals surface area contributed by atoms with Crippen molar-refractivity contribution in [2.75, 3.05) is 11.9 Å². The van der Waals surface area contributed by atoms with Crippen molar-refractivity contribution >= 4 is 22.6 Å². The Labute approximate surface area is 196 Å². The minimum absolute atomic E-state index is 0.0681. The molecule has 0 radical (unpaired) electrons. The predicted molar refractivity (Wildman–Crippen MR) is 132 cm³/mol. The van der Waals surface area contributed by atoms with Crippen LogP contribution < -0.4 is 21.2 Å². The molecule has 6 nitrogen and oxygen atoms in total. The standard InChI is InChI=1S/C28H24N2O4/c29-28(14-4-5-15-28)19-10-8-17(9-11-19)23-25(32)20-12-13-21-24(30-22(31)16-33-21)27(20)34-26(23)18-6-2-1-3-7-18/h1-3,6-13H,4-5,14-16,29H2,(H,30,31). The molecule has 1 aliphatic carbocycles. The zero-order valence-electron chi connectivity index (χ0n) is 18.6. The van der Waals surface area contributed by atoms with Crippen LogP contribution in [-0.2, 0) is 10.3 Å². The number of carbonyl (C=O) groups is 1. The summed E-state index contributed by atoms with van der Waals surface area (Å²) in [7, 11) is 0. The van der Waals surface area contributed by atoms with Gasteiger partial charge in [0.25, 0.3) is 5.91 Å². The minimum Gasteiger partial charge on any atom is -0.481 e. The van der Waals surface area contributed by atoms with E-state index < -0.39 is 0 Å². The molecule has 2 heterocycles. The normalized spacial score (nSPS) is 16.7. The van der Waals surface area contributed by atoms with E-state index in [2.05, 4.69) is 5.32 Å². The number of benzene rings is 3. The molecule has 1 amide bonds. The van der Waals surface area contributed by atoms with Crippen molar-refractivity contribution in [1.82, 2.24) is 0 Å². The van der Waals surface area contributed by atoms with Crippen molar-refractivity contribution in [3.63, 3.8) is 0 Å². The number of nitrogens with one attached hydrogen (secondary N) is 1. The zero-order valence-corrected chi connectivity index (χ0v) is 18.6. The van der Waals surface area contributed by atoms with Gasteiger partial charge in [0.05, 0.1) is 10.9 Å². The second-order valence-electron chi connectivity index (χ2n) is 9.09. The maximum Gasteiger partial charge on any atom is 0.262 e. The molecule has 3 N–H and O–H groups in total. The topological polar surface area (TPSA) is 94.6 Å². The number of anilines is 1. The number of amides is 1. The molecule has 0 bridgehead atoms. The van der Waals surface area contributed by atoms with Crippen LogP contribution in [0.5, 0.6) is 5.75 Å². The molecule has 2 aliphatic rings. The molecule has 6 heteroatoms. The Kier molecular flexibility index (Phi) is 4.78. The van der Waals surface area contributed by atoms with Gasteiger partial charge < -0.3 is 20.2 Å². The Morgan fingerprint density at radius 2 is 1.59 bits per heavy atom. The van der Waals surface area contributed by atoms with Gasteiger partial charge in [0.2, 0.25) is 5.43 Å². The number of carbonyl (C=O) groups excluding carboxylic acids is 1. The van der Waals surface area contributed by atoms with Crippen molar-refractivity contribution in [2.24, 2.45) is 5.73 Å². The fourth-order valence-electron chi connectivity index (χ4n) is 5.12. The lowest BCUT2D eigenvalue weighted by molar-refractivity contribution is -0.118. The molecule has 0 atom stereocenters.